The summed E-state index contributed by atoms with van der Waals surface area (Å²) in [6.45, 7) is 0. The third-order valence-electron chi connectivity index (χ3n) is 0.607. The molecular formula is C6H7CaN. The molecule has 8 heavy (non-hydrogen) atoms. The van der Waals surface area contributed by atoms with Crippen molar-refractivity contribution in [3.8, 4) is 0 Å². The summed E-state index contributed by atoms with van der Waals surface area (Å²) in [4.78, 5) is 0. The molecule has 1 nitrogen and oxygen atoms in total. The Kier molecular flexibility index (Phi) is 10.5. The standard InChI is InChI=1S/C6H5.Ca.H2N/c1-2-4-6-5-3-1;;/h1-5H;;1H2/q-1;+2;-1. The molecule has 0 aliphatic carbocycles. The maximum absolute atomic E-state index is 2.89. The molecule has 1 aromatic carbocycles. The minimum atomic E-state index is 0. The summed E-state index contributed by atoms with van der Waals surface area (Å²) in [6.07, 6.45) is 0. The predicted molar refractivity (Wildman–Crippen MR) is 36.3 cm³/mol. The Hall–Kier alpha value is 0.440. The summed E-state index contributed by atoms with van der Waals surface area (Å²) in [6, 6.07) is 12.5. The first-order valence-corrected chi connectivity index (χ1v) is 1.91. The number of rotatable bonds is 0. The minimum Gasteiger partial charge on any atom is -0.693 e. The zero-order valence-corrected chi connectivity index (χ0v) is 6.88. The molecule has 0 aliphatic rings. The normalized spacial score (nSPS) is 6.00. The number of nitrogens with two attached hydrogens (primary N) is 1. The van der Waals surface area contributed by atoms with Gasteiger partial charge in [0.25, 0.3) is 0 Å². The van der Waals surface area contributed by atoms with Gasteiger partial charge in [0.05, 0.1) is 0 Å². The van der Waals surface area contributed by atoms with Gasteiger partial charge >= 0.3 is 37.7 Å². The monoisotopic (exact) mass is 133 g/mol. The third-order valence-corrected chi connectivity index (χ3v) is 0.607. The van der Waals surface area contributed by atoms with E-state index in [9.17, 15) is 0 Å². The molecule has 0 aliphatic heterocycles. The molecule has 0 spiro atoms. The first-order chi connectivity index (χ1) is 3.00. The van der Waals surface area contributed by atoms with Gasteiger partial charge in [0.2, 0.25) is 0 Å². The van der Waals surface area contributed by atoms with Gasteiger partial charge in [-0.3, -0.25) is 0 Å². The maximum atomic E-state index is 2.89. The van der Waals surface area contributed by atoms with E-state index in [2.05, 4.69) is 6.07 Å². The number of hydrogen-bond donors (Lipinski definition) is 0. The molecule has 0 atom stereocenters. The van der Waals surface area contributed by atoms with Crippen molar-refractivity contribution in [3.63, 3.8) is 0 Å². The van der Waals surface area contributed by atoms with E-state index in [0.717, 1.165) is 0 Å². The minimum absolute atomic E-state index is 0. The van der Waals surface area contributed by atoms with Crippen molar-refractivity contribution >= 4 is 37.7 Å². The molecule has 1 aromatic rings. The van der Waals surface area contributed by atoms with Crippen LogP contribution in [0.2, 0.25) is 0 Å². The van der Waals surface area contributed by atoms with Crippen LogP contribution in [0.4, 0.5) is 0 Å². The van der Waals surface area contributed by atoms with E-state index >= 15 is 0 Å². The van der Waals surface area contributed by atoms with Crippen molar-refractivity contribution < 1.29 is 0 Å². The molecule has 0 amide bonds. The second kappa shape index (κ2) is 7.44. The molecule has 0 bridgehead atoms. The Bertz CT molecular complexity index is 80.5. The van der Waals surface area contributed by atoms with E-state index in [0.29, 0.717) is 0 Å². The summed E-state index contributed by atoms with van der Waals surface area (Å²) in [5.41, 5.74) is 0. The van der Waals surface area contributed by atoms with Crippen LogP contribution in [0.3, 0.4) is 0 Å². The first-order valence-electron chi connectivity index (χ1n) is 1.91. The van der Waals surface area contributed by atoms with Crippen LogP contribution in [-0.4, -0.2) is 37.7 Å². The molecule has 0 aromatic heterocycles. The van der Waals surface area contributed by atoms with Crippen LogP contribution < -0.4 is 0 Å². The van der Waals surface area contributed by atoms with Crippen LogP contribution >= 0.6 is 0 Å². The third kappa shape index (κ3) is 4.60. The van der Waals surface area contributed by atoms with Crippen molar-refractivity contribution in [3.05, 3.63) is 42.5 Å². The van der Waals surface area contributed by atoms with Gasteiger partial charge in [-0.1, -0.05) is 0 Å². The predicted octanol–water partition coefficient (Wildman–Crippen LogP) is 1.82. The molecular weight excluding hydrogens is 126 g/mol. The Labute approximate surface area is 79.7 Å². The molecule has 2 heteroatoms. The van der Waals surface area contributed by atoms with Gasteiger partial charge in [-0.25, -0.2) is 0 Å². The number of hydrogen-bond acceptors (Lipinski definition) is 0. The van der Waals surface area contributed by atoms with Gasteiger partial charge in [-0.05, 0) is 0 Å². The number of benzene rings is 1. The van der Waals surface area contributed by atoms with Gasteiger partial charge in [0.1, 0.15) is 0 Å². The molecule has 0 saturated heterocycles. The fraction of sp³-hybridized carbons (Fsp3) is 0. The van der Waals surface area contributed by atoms with E-state index < -0.39 is 0 Å². The summed E-state index contributed by atoms with van der Waals surface area (Å²) in [5, 5.41) is 0. The molecule has 0 heterocycles. The second-order valence-corrected chi connectivity index (χ2v) is 1.08. The second-order valence-electron chi connectivity index (χ2n) is 1.08. The SMILES string of the molecule is [Ca+2].[NH2-].[c-]1ccccc1. The van der Waals surface area contributed by atoms with Crippen molar-refractivity contribution in [1.29, 1.82) is 0 Å². The zero-order valence-electron chi connectivity index (χ0n) is 4.67. The van der Waals surface area contributed by atoms with Crippen molar-refractivity contribution in [2.45, 2.75) is 0 Å². The molecule has 0 saturated carbocycles. The topological polar surface area (TPSA) is 33.5 Å². The quantitative estimate of drug-likeness (QED) is 0.382. The largest absolute Gasteiger partial charge is 2.00 e. The van der Waals surface area contributed by atoms with Crippen LogP contribution in [0, 0.1) is 6.07 Å². The van der Waals surface area contributed by atoms with Gasteiger partial charge < -0.3 is 6.15 Å². The molecule has 0 unspecified atom stereocenters. The Balaban J connectivity index is 0. The summed E-state index contributed by atoms with van der Waals surface area (Å²) in [5.74, 6) is 0. The Morgan fingerprint density at radius 3 is 1.50 bits per heavy atom. The molecule has 1 rings (SSSR count). The summed E-state index contributed by atoms with van der Waals surface area (Å²) < 4.78 is 0. The van der Waals surface area contributed by atoms with E-state index in [4.69, 9.17) is 0 Å². The molecule has 2 N–H and O–H groups in total. The molecule has 0 radical (unpaired) electrons. The Morgan fingerprint density at radius 2 is 1.38 bits per heavy atom. The zero-order chi connectivity index (χ0) is 4.24. The van der Waals surface area contributed by atoms with E-state index in [-0.39, 0.29) is 43.9 Å². The van der Waals surface area contributed by atoms with E-state index in [1.165, 1.54) is 0 Å². The van der Waals surface area contributed by atoms with Crippen LogP contribution in [0.1, 0.15) is 0 Å². The van der Waals surface area contributed by atoms with Crippen molar-refractivity contribution in [2.24, 2.45) is 0 Å². The Morgan fingerprint density at radius 1 is 0.875 bits per heavy atom. The van der Waals surface area contributed by atoms with Crippen LogP contribution in [0.25, 0.3) is 6.15 Å². The van der Waals surface area contributed by atoms with E-state index in [1.54, 1.807) is 0 Å². The van der Waals surface area contributed by atoms with Crippen molar-refractivity contribution in [1.82, 2.24) is 0 Å². The van der Waals surface area contributed by atoms with Crippen LogP contribution in [0.15, 0.2) is 30.3 Å². The van der Waals surface area contributed by atoms with Gasteiger partial charge in [-0.2, -0.15) is 36.4 Å². The van der Waals surface area contributed by atoms with Crippen molar-refractivity contribution in [2.75, 3.05) is 0 Å². The molecule has 38 valence electrons. The average molecular weight is 133 g/mol. The smallest absolute Gasteiger partial charge is 0.693 e. The molecule has 0 fully saturated rings. The van der Waals surface area contributed by atoms with Gasteiger partial charge in [0, 0.05) is 0 Å². The van der Waals surface area contributed by atoms with Crippen LogP contribution in [0.5, 0.6) is 0 Å². The summed E-state index contributed by atoms with van der Waals surface area (Å²) in [7, 11) is 0. The van der Waals surface area contributed by atoms with Crippen LogP contribution in [-0.2, 0) is 0 Å². The maximum Gasteiger partial charge on any atom is 2.00 e. The fourth-order valence-corrected chi connectivity index (χ4v) is 0.342. The van der Waals surface area contributed by atoms with Gasteiger partial charge in [0.15, 0.2) is 0 Å². The summed E-state index contributed by atoms with van der Waals surface area (Å²) >= 11 is 0. The fourth-order valence-electron chi connectivity index (χ4n) is 0.342. The van der Waals surface area contributed by atoms with Gasteiger partial charge in [-0.15, -0.1) is 0 Å². The first kappa shape index (κ1) is 11.3. The average Bonchev–Trinajstić information content (AvgIpc) is 1.72. The van der Waals surface area contributed by atoms with E-state index in [1.807, 2.05) is 30.3 Å².